The lowest BCUT2D eigenvalue weighted by Crippen LogP contribution is -2.27. The van der Waals surface area contributed by atoms with Crippen molar-refractivity contribution in [1.29, 1.82) is 0 Å². The number of rotatable bonds is 5. The van der Waals surface area contributed by atoms with E-state index in [1.807, 2.05) is 38.1 Å². The van der Waals surface area contributed by atoms with Gasteiger partial charge in [0, 0.05) is 5.56 Å². The van der Waals surface area contributed by atoms with Crippen LogP contribution < -0.4 is 19.5 Å². The first-order valence-electron chi connectivity index (χ1n) is 8.21. The van der Waals surface area contributed by atoms with Crippen LogP contribution in [0, 0.1) is 0 Å². The summed E-state index contributed by atoms with van der Waals surface area (Å²) in [6.45, 7) is 5.47. The number of nitrogens with one attached hydrogen (secondary N) is 1. The number of amides is 1. The minimum atomic E-state index is -0.174. The topological polar surface area (TPSA) is 56.8 Å². The predicted octanol–water partition coefficient (Wildman–Crippen LogP) is 4.11. The number of hydrogen-bond donors (Lipinski definition) is 1. The highest BCUT2D eigenvalue weighted by Gasteiger charge is 2.20. The average Bonchev–Trinajstić information content (AvgIpc) is 2.62. The Labute approximate surface area is 155 Å². The largest absolute Gasteiger partial charge is 0.494 e. The maximum atomic E-state index is 12.6. The number of fused-ring (bicyclic) bond motifs is 1. The van der Waals surface area contributed by atoms with Crippen molar-refractivity contribution in [3.63, 3.8) is 0 Å². The summed E-state index contributed by atoms with van der Waals surface area (Å²) in [6.07, 6.45) is 0. The van der Waals surface area contributed by atoms with Crippen molar-refractivity contribution >= 4 is 21.8 Å². The summed E-state index contributed by atoms with van der Waals surface area (Å²) in [5.74, 6) is 1.84. The summed E-state index contributed by atoms with van der Waals surface area (Å²) in [7, 11) is 0. The number of halogens is 1. The van der Waals surface area contributed by atoms with Gasteiger partial charge in [-0.1, -0.05) is 12.1 Å². The molecule has 2 aromatic rings. The fraction of sp³-hybridized carbons (Fsp3) is 0.316. The van der Waals surface area contributed by atoms with E-state index in [0.29, 0.717) is 41.4 Å². The number of carbonyl (C=O) groups excluding carboxylic acids is 1. The summed E-state index contributed by atoms with van der Waals surface area (Å²) in [6, 6.07) is 11.0. The minimum Gasteiger partial charge on any atom is -0.494 e. The minimum absolute atomic E-state index is 0.153. The quantitative estimate of drug-likeness (QED) is 0.812. The van der Waals surface area contributed by atoms with Crippen molar-refractivity contribution in [3.8, 4) is 17.2 Å². The molecule has 0 aromatic heterocycles. The van der Waals surface area contributed by atoms with Gasteiger partial charge in [0.25, 0.3) is 5.91 Å². The molecule has 0 saturated carbocycles. The Bertz CT molecular complexity index is 778. The first kappa shape index (κ1) is 17.6. The van der Waals surface area contributed by atoms with E-state index in [9.17, 15) is 4.79 Å². The van der Waals surface area contributed by atoms with E-state index >= 15 is 0 Å². The molecule has 1 N–H and O–H groups in total. The zero-order valence-corrected chi connectivity index (χ0v) is 15.8. The molecule has 1 unspecified atom stereocenters. The van der Waals surface area contributed by atoms with Gasteiger partial charge < -0.3 is 19.5 Å². The van der Waals surface area contributed by atoms with Gasteiger partial charge in [-0.05, 0) is 59.6 Å². The fourth-order valence-electron chi connectivity index (χ4n) is 2.65. The van der Waals surface area contributed by atoms with E-state index in [1.54, 1.807) is 12.1 Å². The zero-order valence-electron chi connectivity index (χ0n) is 14.2. The molecule has 0 aliphatic carbocycles. The van der Waals surface area contributed by atoms with Crippen molar-refractivity contribution in [1.82, 2.24) is 5.32 Å². The third kappa shape index (κ3) is 4.07. The lowest BCUT2D eigenvalue weighted by Gasteiger charge is -2.21. The highest BCUT2D eigenvalue weighted by Crippen LogP contribution is 2.38. The van der Waals surface area contributed by atoms with Crippen molar-refractivity contribution in [2.45, 2.75) is 19.9 Å². The summed E-state index contributed by atoms with van der Waals surface area (Å²) in [5.41, 5.74) is 1.50. The van der Waals surface area contributed by atoms with E-state index < -0.39 is 0 Å². The molecule has 1 amide bonds. The van der Waals surface area contributed by atoms with Crippen LogP contribution in [0.1, 0.15) is 35.8 Å². The standard InChI is InChI=1S/C19H20BrNO4/c1-3-23-15-6-4-5-13(9-15)12(2)21-19(22)14-10-16(20)18-17(11-14)24-7-8-25-18/h4-6,9-12H,3,7-8H2,1-2H3,(H,21,22). The molecule has 0 saturated heterocycles. The van der Waals surface area contributed by atoms with Crippen molar-refractivity contribution in [2.75, 3.05) is 19.8 Å². The highest BCUT2D eigenvalue weighted by molar-refractivity contribution is 9.10. The second-order valence-corrected chi connectivity index (χ2v) is 6.54. The first-order chi connectivity index (χ1) is 12.1. The molecule has 2 aromatic carbocycles. The molecule has 1 atom stereocenters. The Hall–Kier alpha value is -2.21. The second-order valence-electron chi connectivity index (χ2n) is 5.68. The van der Waals surface area contributed by atoms with Gasteiger partial charge >= 0.3 is 0 Å². The molecule has 1 aliphatic heterocycles. The molecular formula is C19H20BrNO4. The maximum Gasteiger partial charge on any atom is 0.251 e. The normalized spacial score (nSPS) is 13.9. The van der Waals surface area contributed by atoms with E-state index in [2.05, 4.69) is 21.2 Å². The van der Waals surface area contributed by atoms with Gasteiger partial charge in [0.1, 0.15) is 19.0 Å². The number of benzene rings is 2. The van der Waals surface area contributed by atoms with Crippen molar-refractivity contribution in [2.24, 2.45) is 0 Å². The summed E-state index contributed by atoms with van der Waals surface area (Å²) >= 11 is 3.44. The Kier molecular flexibility index (Phi) is 5.48. The lowest BCUT2D eigenvalue weighted by atomic mass is 10.1. The number of carbonyl (C=O) groups is 1. The van der Waals surface area contributed by atoms with E-state index in [-0.39, 0.29) is 11.9 Å². The van der Waals surface area contributed by atoms with Crippen molar-refractivity contribution < 1.29 is 19.0 Å². The Balaban J connectivity index is 1.75. The molecule has 6 heteroatoms. The van der Waals surface area contributed by atoms with Gasteiger partial charge in [-0.2, -0.15) is 0 Å². The first-order valence-corrected chi connectivity index (χ1v) is 9.00. The average molecular weight is 406 g/mol. The van der Waals surface area contributed by atoms with Crippen LogP contribution in [0.2, 0.25) is 0 Å². The fourth-order valence-corrected chi connectivity index (χ4v) is 3.20. The third-order valence-corrected chi connectivity index (χ3v) is 4.46. The second kappa shape index (κ2) is 7.78. The van der Waals surface area contributed by atoms with Gasteiger partial charge in [-0.25, -0.2) is 0 Å². The van der Waals surface area contributed by atoms with E-state index in [1.165, 1.54) is 0 Å². The Morgan fingerprint density at radius 1 is 1.28 bits per heavy atom. The van der Waals surface area contributed by atoms with Crippen LogP contribution in [-0.4, -0.2) is 25.7 Å². The Morgan fingerprint density at radius 2 is 2.08 bits per heavy atom. The van der Waals surface area contributed by atoms with Gasteiger partial charge in [0.15, 0.2) is 11.5 Å². The molecule has 25 heavy (non-hydrogen) atoms. The van der Waals surface area contributed by atoms with Gasteiger partial charge in [-0.3, -0.25) is 4.79 Å². The monoisotopic (exact) mass is 405 g/mol. The smallest absolute Gasteiger partial charge is 0.251 e. The van der Waals surface area contributed by atoms with Crippen LogP contribution in [0.15, 0.2) is 40.9 Å². The number of ether oxygens (including phenoxy) is 3. The van der Waals surface area contributed by atoms with Crippen LogP contribution in [0.4, 0.5) is 0 Å². The molecule has 0 fully saturated rings. The molecule has 0 bridgehead atoms. The Morgan fingerprint density at radius 3 is 2.88 bits per heavy atom. The third-order valence-electron chi connectivity index (χ3n) is 3.88. The molecule has 0 spiro atoms. The summed E-state index contributed by atoms with van der Waals surface area (Å²) in [5, 5.41) is 3.00. The molecule has 5 nitrogen and oxygen atoms in total. The molecular weight excluding hydrogens is 386 g/mol. The predicted molar refractivity (Wildman–Crippen MR) is 98.6 cm³/mol. The van der Waals surface area contributed by atoms with Crippen molar-refractivity contribution in [3.05, 3.63) is 52.0 Å². The SMILES string of the molecule is CCOc1cccc(C(C)NC(=O)c2cc(Br)c3c(c2)OCCO3)c1. The zero-order chi connectivity index (χ0) is 17.8. The van der Waals surface area contributed by atoms with E-state index in [0.717, 1.165) is 11.3 Å². The lowest BCUT2D eigenvalue weighted by molar-refractivity contribution is 0.0938. The molecule has 3 rings (SSSR count). The molecule has 1 aliphatic rings. The van der Waals surface area contributed by atoms with Gasteiger partial charge in [0.2, 0.25) is 0 Å². The van der Waals surface area contributed by atoms with Crippen LogP contribution >= 0.6 is 15.9 Å². The van der Waals surface area contributed by atoms with Gasteiger partial charge in [0.05, 0.1) is 17.1 Å². The summed E-state index contributed by atoms with van der Waals surface area (Å²) in [4.78, 5) is 12.6. The number of hydrogen-bond acceptors (Lipinski definition) is 4. The van der Waals surface area contributed by atoms with Crippen LogP contribution in [0.5, 0.6) is 17.2 Å². The molecule has 0 radical (unpaired) electrons. The molecule has 132 valence electrons. The van der Waals surface area contributed by atoms with E-state index in [4.69, 9.17) is 14.2 Å². The molecule has 1 heterocycles. The summed E-state index contributed by atoms with van der Waals surface area (Å²) < 4.78 is 17.4. The van der Waals surface area contributed by atoms with Crippen LogP contribution in [-0.2, 0) is 0 Å². The van der Waals surface area contributed by atoms with Crippen LogP contribution in [0.3, 0.4) is 0 Å². The maximum absolute atomic E-state index is 12.6. The van der Waals surface area contributed by atoms with Crippen LogP contribution in [0.25, 0.3) is 0 Å². The highest BCUT2D eigenvalue weighted by atomic mass is 79.9. The van der Waals surface area contributed by atoms with Gasteiger partial charge in [-0.15, -0.1) is 0 Å².